The first kappa shape index (κ1) is 13.0. The highest BCUT2D eigenvalue weighted by Crippen LogP contribution is 2.37. The lowest BCUT2D eigenvalue weighted by Gasteiger charge is -2.16. The molecule has 1 aromatic rings. The van der Waals surface area contributed by atoms with E-state index in [0.717, 1.165) is 0 Å². The van der Waals surface area contributed by atoms with Crippen LogP contribution in [0, 0.1) is 16.0 Å². The normalized spacial score (nSPS) is 19.3. The number of nitrogens with zero attached hydrogens (tertiary/aromatic N) is 2. The molecule has 1 aliphatic heterocycles. The summed E-state index contributed by atoms with van der Waals surface area (Å²) in [6.45, 7) is 0.844. The molecule has 0 bridgehead atoms. The standard InChI is InChI=1S/C11H12BrN3O3/c12-8-2-1-3-9(11(8)15(17)18)14-6-7(5-13)4-10(14)16/h1-3,7H,4-6,13H2. The van der Waals surface area contributed by atoms with Crippen molar-refractivity contribution in [3.63, 3.8) is 0 Å². The summed E-state index contributed by atoms with van der Waals surface area (Å²) in [5, 5.41) is 11.1. The quantitative estimate of drug-likeness (QED) is 0.679. The Labute approximate surface area is 112 Å². The van der Waals surface area contributed by atoms with Gasteiger partial charge in [-0.2, -0.15) is 0 Å². The Bertz CT molecular complexity index is 506. The molecule has 0 saturated carbocycles. The van der Waals surface area contributed by atoms with Crippen molar-refractivity contribution in [1.82, 2.24) is 0 Å². The number of hydrogen-bond donors (Lipinski definition) is 1. The predicted octanol–water partition coefficient (Wildman–Crippen LogP) is 1.67. The first-order valence-corrected chi connectivity index (χ1v) is 6.27. The average molecular weight is 314 g/mol. The summed E-state index contributed by atoms with van der Waals surface area (Å²) < 4.78 is 0.369. The fourth-order valence-corrected chi connectivity index (χ4v) is 2.58. The van der Waals surface area contributed by atoms with Gasteiger partial charge in [-0.05, 0) is 40.5 Å². The summed E-state index contributed by atoms with van der Waals surface area (Å²) in [6.07, 6.45) is 0.347. The van der Waals surface area contributed by atoms with Crippen molar-refractivity contribution in [2.24, 2.45) is 11.7 Å². The number of hydrogen-bond acceptors (Lipinski definition) is 4. The number of carbonyl (C=O) groups is 1. The number of amides is 1. The molecule has 6 nitrogen and oxygen atoms in total. The number of benzene rings is 1. The van der Waals surface area contributed by atoms with Crippen molar-refractivity contribution in [3.8, 4) is 0 Å². The molecule has 1 saturated heterocycles. The number of rotatable bonds is 3. The van der Waals surface area contributed by atoms with E-state index in [4.69, 9.17) is 5.73 Å². The SMILES string of the molecule is NCC1CC(=O)N(c2cccc(Br)c2[N+](=O)[O-])C1. The Hall–Kier alpha value is -1.47. The molecule has 1 aromatic carbocycles. The van der Waals surface area contributed by atoms with Gasteiger partial charge in [0.05, 0.1) is 9.40 Å². The molecule has 1 unspecified atom stereocenters. The molecule has 2 rings (SSSR count). The molecule has 0 spiro atoms. The van der Waals surface area contributed by atoms with Gasteiger partial charge in [0.2, 0.25) is 5.91 Å². The summed E-state index contributed by atoms with van der Waals surface area (Å²) in [5.74, 6) is -0.0530. The lowest BCUT2D eigenvalue weighted by Crippen LogP contribution is -2.26. The van der Waals surface area contributed by atoms with Crippen LogP contribution in [0.3, 0.4) is 0 Å². The highest BCUT2D eigenvalue weighted by Gasteiger charge is 2.34. The second-order valence-corrected chi connectivity index (χ2v) is 5.03. The summed E-state index contributed by atoms with van der Waals surface area (Å²) in [7, 11) is 0. The van der Waals surface area contributed by atoms with E-state index in [0.29, 0.717) is 29.7 Å². The summed E-state index contributed by atoms with van der Waals surface area (Å²) >= 11 is 3.14. The molecule has 1 aliphatic rings. The number of nitro groups is 1. The highest BCUT2D eigenvalue weighted by atomic mass is 79.9. The number of nitrogens with two attached hydrogens (primary N) is 1. The van der Waals surface area contributed by atoms with E-state index >= 15 is 0 Å². The van der Waals surface area contributed by atoms with E-state index in [1.54, 1.807) is 18.2 Å². The molecule has 1 atom stereocenters. The van der Waals surface area contributed by atoms with Gasteiger partial charge < -0.3 is 10.6 Å². The third kappa shape index (κ3) is 2.23. The van der Waals surface area contributed by atoms with Crippen LogP contribution in [0.5, 0.6) is 0 Å². The van der Waals surface area contributed by atoms with Gasteiger partial charge in [0.15, 0.2) is 0 Å². The van der Waals surface area contributed by atoms with E-state index < -0.39 is 4.92 Å². The first-order chi connectivity index (χ1) is 8.54. The molecule has 1 fully saturated rings. The third-order valence-electron chi connectivity index (χ3n) is 2.98. The van der Waals surface area contributed by atoms with Gasteiger partial charge in [-0.25, -0.2) is 0 Å². The van der Waals surface area contributed by atoms with Gasteiger partial charge >= 0.3 is 5.69 Å². The third-order valence-corrected chi connectivity index (χ3v) is 3.62. The average Bonchev–Trinajstić information content (AvgIpc) is 2.69. The van der Waals surface area contributed by atoms with Crippen LogP contribution >= 0.6 is 15.9 Å². The van der Waals surface area contributed by atoms with Crippen molar-refractivity contribution >= 4 is 33.2 Å². The zero-order valence-electron chi connectivity index (χ0n) is 9.51. The molecule has 96 valence electrons. The van der Waals surface area contributed by atoms with Crippen LogP contribution in [0.1, 0.15) is 6.42 Å². The van der Waals surface area contributed by atoms with Crippen LogP contribution in [-0.4, -0.2) is 23.9 Å². The number of carbonyl (C=O) groups excluding carboxylic acids is 1. The Balaban J connectivity index is 2.43. The largest absolute Gasteiger partial charge is 0.330 e. The van der Waals surface area contributed by atoms with Crippen molar-refractivity contribution in [1.29, 1.82) is 0 Å². The summed E-state index contributed by atoms with van der Waals surface area (Å²) in [5.41, 5.74) is 5.79. The van der Waals surface area contributed by atoms with Crippen molar-refractivity contribution in [2.75, 3.05) is 18.0 Å². The summed E-state index contributed by atoms with van der Waals surface area (Å²) in [6, 6.07) is 4.84. The molecule has 1 heterocycles. The fourth-order valence-electron chi connectivity index (χ4n) is 2.07. The van der Waals surface area contributed by atoms with Gasteiger partial charge in [-0.1, -0.05) is 6.07 Å². The van der Waals surface area contributed by atoms with Crippen LogP contribution < -0.4 is 10.6 Å². The molecule has 7 heteroatoms. The number of nitro benzene ring substituents is 1. The minimum Gasteiger partial charge on any atom is -0.330 e. The summed E-state index contributed by atoms with van der Waals surface area (Å²) in [4.78, 5) is 23.9. The van der Waals surface area contributed by atoms with Crippen LogP contribution in [0.4, 0.5) is 11.4 Å². The van der Waals surface area contributed by atoms with Crippen molar-refractivity contribution < 1.29 is 9.72 Å². The Kier molecular flexibility index (Phi) is 3.63. The number of anilines is 1. The maximum absolute atomic E-state index is 11.9. The molecular weight excluding hydrogens is 302 g/mol. The number of halogens is 1. The van der Waals surface area contributed by atoms with Crippen molar-refractivity contribution in [2.45, 2.75) is 6.42 Å². The first-order valence-electron chi connectivity index (χ1n) is 5.48. The zero-order chi connectivity index (χ0) is 13.3. The van der Waals surface area contributed by atoms with Gasteiger partial charge in [0, 0.05) is 13.0 Å². The minimum absolute atomic E-state index is 0.0658. The van der Waals surface area contributed by atoms with E-state index in [1.807, 2.05) is 0 Å². The van der Waals surface area contributed by atoms with Crippen LogP contribution in [-0.2, 0) is 4.79 Å². The van der Waals surface area contributed by atoms with Crippen LogP contribution in [0.15, 0.2) is 22.7 Å². The maximum atomic E-state index is 11.9. The van der Waals surface area contributed by atoms with Gasteiger partial charge in [0.1, 0.15) is 5.69 Å². The maximum Gasteiger partial charge on any atom is 0.307 e. The predicted molar refractivity (Wildman–Crippen MR) is 70.3 cm³/mol. The smallest absolute Gasteiger partial charge is 0.307 e. The molecule has 0 aliphatic carbocycles. The van der Waals surface area contributed by atoms with E-state index in [1.165, 1.54) is 4.90 Å². The highest BCUT2D eigenvalue weighted by molar-refractivity contribution is 9.10. The lowest BCUT2D eigenvalue weighted by molar-refractivity contribution is -0.384. The van der Waals surface area contributed by atoms with E-state index in [-0.39, 0.29) is 17.5 Å². The zero-order valence-corrected chi connectivity index (χ0v) is 11.1. The monoisotopic (exact) mass is 313 g/mol. The molecule has 2 N–H and O–H groups in total. The molecular formula is C11H12BrN3O3. The minimum atomic E-state index is -0.484. The topological polar surface area (TPSA) is 89.5 Å². The lowest BCUT2D eigenvalue weighted by atomic mass is 10.1. The number of para-hydroxylation sites is 1. The van der Waals surface area contributed by atoms with Crippen LogP contribution in [0.25, 0.3) is 0 Å². The second kappa shape index (κ2) is 5.03. The second-order valence-electron chi connectivity index (χ2n) is 4.17. The van der Waals surface area contributed by atoms with E-state index in [9.17, 15) is 14.9 Å². The molecule has 0 radical (unpaired) electrons. The van der Waals surface area contributed by atoms with Gasteiger partial charge in [-0.15, -0.1) is 0 Å². The van der Waals surface area contributed by atoms with Gasteiger partial charge in [0.25, 0.3) is 0 Å². The van der Waals surface area contributed by atoms with Gasteiger partial charge in [-0.3, -0.25) is 14.9 Å². The van der Waals surface area contributed by atoms with Crippen molar-refractivity contribution in [3.05, 3.63) is 32.8 Å². The molecule has 1 amide bonds. The molecule has 0 aromatic heterocycles. The molecule has 18 heavy (non-hydrogen) atoms. The fraction of sp³-hybridized carbons (Fsp3) is 0.364. The Morgan fingerprint density at radius 2 is 2.28 bits per heavy atom. The Morgan fingerprint density at radius 1 is 1.56 bits per heavy atom. The Morgan fingerprint density at radius 3 is 2.83 bits per heavy atom. The van der Waals surface area contributed by atoms with Crippen LogP contribution in [0.2, 0.25) is 0 Å². The van der Waals surface area contributed by atoms with E-state index in [2.05, 4.69) is 15.9 Å².